The van der Waals surface area contributed by atoms with E-state index in [9.17, 15) is 10.1 Å². The van der Waals surface area contributed by atoms with Crippen molar-refractivity contribution in [3.63, 3.8) is 0 Å². The predicted octanol–water partition coefficient (Wildman–Crippen LogP) is 3.16. The zero-order valence-corrected chi connectivity index (χ0v) is 12.3. The molecule has 0 radical (unpaired) electrons. The van der Waals surface area contributed by atoms with Crippen LogP contribution in [-0.4, -0.2) is 28.0 Å². The molecule has 7 nitrogen and oxygen atoms in total. The van der Waals surface area contributed by atoms with Gasteiger partial charge in [0, 0.05) is 6.04 Å². The first-order valence-electron chi connectivity index (χ1n) is 6.90. The van der Waals surface area contributed by atoms with Gasteiger partial charge in [0.05, 0.1) is 12.0 Å². The van der Waals surface area contributed by atoms with E-state index in [-0.39, 0.29) is 23.4 Å². The number of nitrogens with zero attached hydrogens (tertiary/aromatic N) is 3. The van der Waals surface area contributed by atoms with Crippen molar-refractivity contribution in [3.8, 4) is 5.88 Å². The summed E-state index contributed by atoms with van der Waals surface area (Å²) < 4.78 is 4.91. The molecule has 7 heteroatoms. The molecular weight excluding hydrogens is 260 g/mol. The first-order chi connectivity index (χ1) is 9.60. The molecule has 112 valence electrons. The molecule has 0 amide bonds. The minimum Gasteiger partial charge on any atom is -0.476 e. The summed E-state index contributed by atoms with van der Waals surface area (Å²) in [6.45, 7) is 4.16. The molecule has 0 aromatic carbocycles. The van der Waals surface area contributed by atoms with Crippen molar-refractivity contribution in [2.45, 2.75) is 52.0 Å². The van der Waals surface area contributed by atoms with E-state index in [2.05, 4.69) is 22.2 Å². The molecule has 1 N–H and O–H groups in total. The Morgan fingerprint density at radius 1 is 1.40 bits per heavy atom. The molecule has 1 atom stereocenters. The van der Waals surface area contributed by atoms with Crippen LogP contribution in [0.2, 0.25) is 0 Å². The minimum absolute atomic E-state index is 0.0225. The van der Waals surface area contributed by atoms with Crippen LogP contribution in [0.5, 0.6) is 5.88 Å². The van der Waals surface area contributed by atoms with Crippen LogP contribution in [0.3, 0.4) is 0 Å². The molecule has 0 aliphatic rings. The van der Waals surface area contributed by atoms with Crippen molar-refractivity contribution in [3.05, 3.63) is 16.4 Å². The summed E-state index contributed by atoms with van der Waals surface area (Å²) in [5.74, 6) is 0.190. The zero-order valence-electron chi connectivity index (χ0n) is 12.3. The van der Waals surface area contributed by atoms with Crippen LogP contribution in [-0.2, 0) is 0 Å². The first-order valence-corrected chi connectivity index (χ1v) is 6.90. The van der Waals surface area contributed by atoms with Crippen LogP contribution < -0.4 is 10.1 Å². The monoisotopic (exact) mass is 282 g/mol. The standard InChI is InChI=1S/C13H22N4O3/c1-4-5-6-7-8-10(2)16-12-11(17(18)19)13(20-3)15-9-14-12/h9-10H,4-8H2,1-3H3,(H,14,15,16). The Morgan fingerprint density at radius 3 is 2.75 bits per heavy atom. The lowest BCUT2D eigenvalue weighted by atomic mass is 10.1. The molecule has 0 fully saturated rings. The van der Waals surface area contributed by atoms with Crippen LogP contribution in [0.1, 0.15) is 46.0 Å². The number of nitrogens with one attached hydrogen (secondary N) is 1. The van der Waals surface area contributed by atoms with Gasteiger partial charge >= 0.3 is 5.69 Å². The lowest BCUT2D eigenvalue weighted by Crippen LogP contribution is -2.17. The van der Waals surface area contributed by atoms with Crippen molar-refractivity contribution in [2.75, 3.05) is 12.4 Å². The van der Waals surface area contributed by atoms with Crippen LogP contribution in [0.4, 0.5) is 11.5 Å². The molecule has 0 aliphatic heterocycles. The Hall–Kier alpha value is -1.92. The van der Waals surface area contributed by atoms with E-state index in [0.29, 0.717) is 0 Å². The van der Waals surface area contributed by atoms with Gasteiger partial charge < -0.3 is 10.1 Å². The number of hydrogen-bond acceptors (Lipinski definition) is 6. The van der Waals surface area contributed by atoms with Gasteiger partial charge in [-0.2, -0.15) is 4.98 Å². The Morgan fingerprint density at radius 2 is 2.15 bits per heavy atom. The van der Waals surface area contributed by atoms with Gasteiger partial charge in [0.1, 0.15) is 6.33 Å². The second-order valence-electron chi connectivity index (χ2n) is 4.73. The molecule has 1 aromatic rings. The van der Waals surface area contributed by atoms with Gasteiger partial charge in [0.25, 0.3) is 5.88 Å². The summed E-state index contributed by atoms with van der Waals surface area (Å²) in [6, 6.07) is 0.116. The van der Waals surface area contributed by atoms with E-state index in [4.69, 9.17) is 4.74 Å². The predicted molar refractivity (Wildman–Crippen MR) is 77.1 cm³/mol. The average Bonchev–Trinajstić information content (AvgIpc) is 2.43. The third kappa shape index (κ3) is 4.64. The third-order valence-electron chi connectivity index (χ3n) is 3.04. The average molecular weight is 282 g/mol. The van der Waals surface area contributed by atoms with Gasteiger partial charge in [0.2, 0.25) is 5.82 Å². The normalized spacial score (nSPS) is 11.9. The first kappa shape index (κ1) is 16.1. The Labute approximate surface area is 118 Å². The second-order valence-corrected chi connectivity index (χ2v) is 4.73. The fraction of sp³-hybridized carbons (Fsp3) is 0.692. The fourth-order valence-electron chi connectivity index (χ4n) is 1.97. The smallest absolute Gasteiger partial charge is 0.372 e. The van der Waals surface area contributed by atoms with Gasteiger partial charge in [-0.25, -0.2) is 4.98 Å². The molecule has 0 saturated carbocycles. The fourth-order valence-corrected chi connectivity index (χ4v) is 1.97. The Kier molecular flexibility index (Phi) is 6.69. The van der Waals surface area contributed by atoms with Crippen LogP contribution in [0.15, 0.2) is 6.33 Å². The van der Waals surface area contributed by atoms with E-state index in [1.807, 2.05) is 6.92 Å². The maximum Gasteiger partial charge on any atom is 0.372 e. The van der Waals surface area contributed by atoms with Gasteiger partial charge in [0.15, 0.2) is 0 Å². The molecule has 0 aliphatic carbocycles. The van der Waals surface area contributed by atoms with E-state index < -0.39 is 4.92 Å². The number of ether oxygens (including phenoxy) is 1. The number of nitro groups is 1. The number of anilines is 1. The largest absolute Gasteiger partial charge is 0.476 e. The lowest BCUT2D eigenvalue weighted by Gasteiger charge is -2.14. The highest BCUT2D eigenvalue weighted by atomic mass is 16.6. The zero-order chi connectivity index (χ0) is 15.0. The summed E-state index contributed by atoms with van der Waals surface area (Å²) in [5, 5.41) is 14.2. The number of methoxy groups -OCH3 is 1. The van der Waals surface area contributed by atoms with Crippen LogP contribution in [0, 0.1) is 10.1 Å². The highest BCUT2D eigenvalue weighted by Crippen LogP contribution is 2.31. The van der Waals surface area contributed by atoms with Crippen molar-refractivity contribution < 1.29 is 9.66 Å². The summed E-state index contributed by atoms with van der Waals surface area (Å²) in [4.78, 5) is 18.3. The molecule has 20 heavy (non-hydrogen) atoms. The molecule has 1 heterocycles. The van der Waals surface area contributed by atoms with Gasteiger partial charge in [-0.05, 0) is 13.3 Å². The second kappa shape index (κ2) is 8.29. The van der Waals surface area contributed by atoms with E-state index in [0.717, 1.165) is 12.8 Å². The topological polar surface area (TPSA) is 90.2 Å². The third-order valence-corrected chi connectivity index (χ3v) is 3.04. The molecule has 1 unspecified atom stereocenters. The number of rotatable bonds is 9. The quantitative estimate of drug-likeness (QED) is 0.425. The number of hydrogen-bond donors (Lipinski definition) is 1. The highest BCUT2D eigenvalue weighted by Gasteiger charge is 2.24. The van der Waals surface area contributed by atoms with E-state index >= 15 is 0 Å². The van der Waals surface area contributed by atoms with E-state index in [1.165, 1.54) is 32.7 Å². The molecule has 1 rings (SSSR count). The number of unbranched alkanes of at least 4 members (excludes halogenated alkanes) is 3. The molecule has 0 bridgehead atoms. The van der Waals surface area contributed by atoms with Gasteiger partial charge in [-0.1, -0.05) is 32.6 Å². The van der Waals surface area contributed by atoms with Crippen LogP contribution >= 0.6 is 0 Å². The Bertz CT molecular complexity index is 440. The van der Waals surface area contributed by atoms with Crippen molar-refractivity contribution >= 4 is 11.5 Å². The van der Waals surface area contributed by atoms with Crippen molar-refractivity contribution in [1.82, 2.24) is 9.97 Å². The molecular formula is C13H22N4O3. The maximum absolute atomic E-state index is 11.1. The SMILES string of the molecule is CCCCCCC(C)Nc1ncnc(OC)c1[N+](=O)[O-]. The van der Waals surface area contributed by atoms with Gasteiger partial charge in [-0.3, -0.25) is 10.1 Å². The summed E-state index contributed by atoms with van der Waals surface area (Å²) in [7, 11) is 1.35. The molecule has 0 spiro atoms. The van der Waals surface area contributed by atoms with Gasteiger partial charge in [-0.15, -0.1) is 0 Å². The lowest BCUT2D eigenvalue weighted by molar-refractivity contribution is -0.385. The minimum atomic E-state index is -0.523. The van der Waals surface area contributed by atoms with E-state index in [1.54, 1.807) is 0 Å². The summed E-state index contributed by atoms with van der Waals surface area (Å²) in [6.07, 6.45) is 6.89. The highest BCUT2D eigenvalue weighted by molar-refractivity contribution is 5.61. The summed E-state index contributed by atoms with van der Waals surface area (Å²) in [5.41, 5.74) is -0.213. The number of aromatic nitrogens is 2. The maximum atomic E-state index is 11.1. The molecule has 1 aromatic heterocycles. The Balaban J connectivity index is 2.69. The van der Waals surface area contributed by atoms with Crippen molar-refractivity contribution in [2.24, 2.45) is 0 Å². The van der Waals surface area contributed by atoms with Crippen molar-refractivity contribution in [1.29, 1.82) is 0 Å². The van der Waals surface area contributed by atoms with Crippen LogP contribution in [0.25, 0.3) is 0 Å². The molecule has 0 saturated heterocycles. The summed E-state index contributed by atoms with van der Waals surface area (Å²) >= 11 is 0.